The highest BCUT2D eigenvalue weighted by Gasteiger charge is 2.20. The molecule has 448 valence electrons. The van der Waals surface area contributed by atoms with Gasteiger partial charge in [0.25, 0.3) is 0 Å². The van der Waals surface area contributed by atoms with Crippen LogP contribution in [0.15, 0.2) is 407 Å². The standard InChI is InChI=1S/C90H68N4/c1-3-4-5-6-7-8-9-12-24-67(2)91(79-31-13-10-14-32-79)81-51-37-70(38-52-81)71-39-53-82(54-40-71)92(87-63-49-68-25-17-19-28-77(68)65-87)83-55-41-72(42-56-83)73-43-57-84(58-44-73)93(88-64-50-69-26-18-20-29-78(69)66-88)85-59-45-74(46-60-85)75-47-61-86(62-48-75)94(80-33-15-11-16-34-80)90-36-23-30-76-27-21-22-35-89(76)90/h3-66H,1-2H2/b5-4-,7-6-,9-8-,24-12-. The molecule has 14 rings (SSSR count). The van der Waals surface area contributed by atoms with E-state index in [1.54, 1.807) is 6.08 Å². The fourth-order valence-electron chi connectivity index (χ4n) is 12.4. The van der Waals surface area contributed by atoms with E-state index in [1.807, 2.05) is 54.7 Å². The van der Waals surface area contributed by atoms with Crippen molar-refractivity contribution in [3.05, 3.63) is 407 Å². The molecule has 4 nitrogen and oxygen atoms in total. The van der Waals surface area contributed by atoms with Crippen molar-refractivity contribution in [2.24, 2.45) is 0 Å². The fourth-order valence-corrected chi connectivity index (χ4v) is 12.4. The predicted molar refractivity (Wildman–Crippen MR) is 404 cm³/mol. The molecular formula is C90H68N4. The minimum Gasteiger partial charge on any atom is -0.311 e. The fraction of sp³-hybridized carbons (Fsp3) is 0. The van der Waals surface area contributed by atoms with Crippen molar-refractivity contribution in [2.75, 3.05) is 19.6 Å². The minimum absolute atomic E-state index is 0.852. The third-order valence-electron chi connectivity index (χ3n) is 17.2. The van der Waals surface area contributed by atoms with Gasteiger partial charge in [0, 0.05) is 68.0 Å². The highest BCUT2D eigenvalue weighted by Crippen LogP contribution is 2.43. The normalized spacial score (nSPS) is 11.5. The van der Waals surface area contributed by atoms with Crippen LogP contribution in [0.2, 0.25) is 0 Å². The molecule has 0 heterocycles. The summed E-state index contributed by atoms with van der Waals surface area (Å²) >= 11 is 0. The second kappa shape index (κ2) is 27.7. The van der Waals surface area contributed by atoms with Crippen LogP contribution in [0.25, 0.3) is 65.7 Å². The van der Waals surface area contributed by atoms with Crippen LogP contribution < -0.4 is 19.6 Å². The number of para-hydroxylation sites is 2. The lowest BCUT2D eigenvalue weighted by Gasteiger charge is -2.27. The van der Waals surface area contributed by atoms with Gasteiger partial charge in [-0.25, -0.2) is 0 Å². The van der Waals surface area contributed by atoms with Crippen LogP contribution in [0.1, 0.15) is 0 Å². The first-order chi connectivity index (χ1) is 46.5. The molecule has 0 aliphatic heterocycles. The van der Waals surface area contributed by atoms with Gasteiger partial charge in [-0.1, -0.05) is 268 Å². The lowest BCUT2D eigenvalue weighted by Crippen LogP contribution is -2.14. The average Bonchev–Trinajstić information content (AvgIpc) is 0.820. The van der Waals surface area contributed by atoms with E-state index in [-0.39, 0.29) is 0 Å². The van der Waals surface area contributed by atoms with Crippen LogP contribution in [0, 0.1) is 0 Å². The maximum absolute atomic E-state index is 4.48. The third-order valence-corrected chi connectivity index (χ3v) is 17.2. The highest BCUT2D eigenvalue weighted by molar-refractivity contribution is 5.99. The van der Waals surface area contributed by atoms with E-state index in [0.717, 1.165) is 102 Å². The molecule has 94 heavy (non-hydrogen) atoms. The van der Waals surface area contributed by atoms with E-state index in [2.05, 4.69) is 360 Å². The zero-order chi connectivity index (χ0) is 63.4. The zero-order valence-electron chi connectivity index (χ0n) is 52.2. The summed E-state index contributed by atoms with van der Waals surface area (Å²) in [6, 6.07) is 120. The number of benzene rings is 14. The first-order valence-corrected chi connectivity index (χ1v) is 31.9. The number of hydrogen-bond donors (Lipinski definition) is 0. The first-order valence-electron chi connectivity index (χ1n) is 31.9. The molecule has 0 aliphatic rings. The van der Waals surface area contributed by atoms with Crippen LogP contribution in [0.4, 0.5) is 62.6 Å². The smallest absolute Gasteiger partial charge is 0.0540 e. The van der Waals surface area contributed by atoms with Crippen LogP contribution in [0.3, 0.4) is 0 Å². The summed E-state index contributed by atoms with van der Waals surface area (Å²) in [5.41, 5.74) is 19.5. The van der Waals surface area contributed by atoms with E-state index in [4.69, 9.17) is 0 Å². The van der Waals surface area contributed by atoms with Crippen molar-refractivity contribution in [1.82, 2.24) is 0 Å². The van der Waals surface area contributed by atoms with Gasteiger partial charge in [0.15, 0.2) is 0 Å². The number of hydrogen-bond acceptors (Lipinski definition) is 4. The molecule has 0 unspecified atom stereocenters. The van der Waals surface area contributed by atoms with Crippen LogP contribution in [0.5, 0.6) is 0 Å². The summed E-state index contributed by atoms with van der Waals surface area (Å²) < 4.78 is 0. The molecule has 14 aromatic carbocycles. The number of anilines is 11. The van der Waals surface area contributed by atoms with E-state index in [0.29, 0.717) is 0 Å². The Bertz CT molecular complexity index is 5060. The Morgan fingerprint density at radius 1 is 0.234 bits per heavy atom. The van der Waals surface area contributed by atoms with Crippen molar-refractivity contribution in [3.63, 3.8) is 0 Å². The van der Waals surface area contributed by atoms with Crippen LogP contribution in [-0.4, -0.2) is 0 Å². The molecule has 0 radical (unpaired) electrons. The molecule has 0 amide bonds. The Morgan fingerprint density at radius 2 is 0.543 bits per heavy atom. The summed E-state index contributed by atoms with van der Waals surface area (Å²) in [5, 5.41) is 7.20. The van der Waals surface area contributed by atoms with Crippen molar-refractivity contribution in [2.45, 2.75) is 0 Å². The van der Waals surface area contributed by atoms with E-state index in [9.17, 15) is 0 Å². The molecule has 0 atom stereocenters. The van der Waals surface area contributed by atoms with Gasteiger partial charge in [-0.2, -0.15) is 0 Å². The molecule has 14 aromatic rings. The molecule has 0 bridgehead atoms. The molecular weight excluding hydrogens is 1140 g/mol. The number of allylic oxidation sites excluding steroid dienone is 9. The molecule has 0 aliphatic carbocycles. The van der Waals surface area contributed by atoms with Crippen molar-refractivity contribution < 1.29 is 0 Å². The second-order valence-corrected chi connectivity index (χ2v) is 23.1. The van der Waals surface area contributed by atoms with E-state index >= 15 is 0 Å². The second-order valence-electron chi connectivity index (χ2n) is 23.1. The maximum Gasteiger partial charge on any atom is 0.0540 e. The van der Waals surface area contributed by atoms with Gasteiger partial charge in [-0.3, -0.25) is 0 Å². The number of rotatable bonds is 20. The maximum atomic E-state index is 4.48. The molecule has 0 spiro atoms. The Hall–Kier alpha value is -12.5. The highest BCUT2D eigenvalue weighted by atomic mass is 15.2. The molecule has 0 aromatic heterocycles. The minimum atomic E-state index is 0.852. The lowest BCUT2D eigenvalue weighted by molar-refractivity contribution is 1.22. The van der Waals surface area contributed by atoms with Crippen molar-refractivity contribution in [1.29, 1.82) is 0 Å². The Balaban J connectivity index is 0.727. The average molecular weight is 1210 g/mol. The van der Waals surface area contributed by atoms with Gasteiger partial charge in [0.2, 0.25) is 0 Å². The first kappa shape index (κ1) is 59.1. The van der Waals surface area contributed by atoms with Gasteiger partial charge in [-0.15, -0.1) is 0 Å². The van der Waals surface area contributed by atoms with Gasteiger partial charge in [0.1, 0.15) is 0 Å². The summed E-state index contributed by atoms with van der Waals surface area (Å²) in [4.78, 5) is 9.24. The Labute approximate surface area is 551 Å². The van der Waals surface area contributed by atoms with E-state index in [1.165, 1.54) is 32.3 Å². The molecule has 0 saturated heterocycles. The molecule has 0 fully saturated rings. The molecule has 0 N–H and O–H groups in total. The molecule has 0 saturated carbocycles. The van der Waals surface area contributed by atoms with Gasteiger partial charge in [0.05, 0.1) is 5.69 Å². The lowest BCUT2D eigenvalue weighted by atomic mass is 10.0. The predicted octanol–water partition coefficient (Wildman–Crippen LogP) is 25.6. The van der Waals surface area contributed by atoms with Gasteiger partial charge >= 0.3 is 0 Å². The molecule has 4 heteroatoms. The Morgan fingerprint density at radius 3 is 0.979 bits per heavy atom. The van der Waals surface area contributed by atoms with Gasteiger partial charge < -0.3 is 19.6 Å². The largest absolute Gasteiger partial charge is 0.311 e. The number of nitrogens with zero attached hydrogens (tertiary/aromatic N) is 4. The van der Waals surface area contributed by atoms with E-state index < -0.39 is 0 Å². The summed E-state index contributed by atoms with van der Waals surface area (Å²) in [6.07, 6.45) is 17.6. The van der Waals surface area contributed by atoms with Crippen molar-refractivity contribution >= 4 is 94.9 Å². The van der Waals surface area contributed by atoms with Crippen LogP contribution >= 0.6 is 0 Å². The third kappa shape index (κ3) is 12.9. The summed E-state index contributed by atoms with van der Waals surface area (Å²) in [6.45, 7) is 8.21. The SMILES string of the molecule is C=C\C=C/C=C\C=C/C=C\C(=C)N(c1ccccc1)c1ccc(-c2ccc(N(c3ccc(-c4ccc(N(c5ccc(-c6ccc(N(c7ccccc7)c7cccc8ccccc78)cc6)cc5)c5ccc6ccccc6c5)cc4)cc3)c3ccc4ccccc4c3)cc2)cc1. The topological polar surface area (TPSA) is 13.0 Å². The van der Waals surface area contributed by atoms with Gasteiger partial charge in [-0.05, 0) is 194 Å². The summed E-state index contributed by atoms with van der Waals surface area (Å²) in [7, 11) is 0. The summed E-state index contributed by atoms with van der Waals surface area (Å²) in [5.74, 6) is 0. The van der Waals surface area contributed by atoms with Crippen molar-refractivity contribution in [3.8, 4) is 33.4 Å². The van der Waals surface area contributed by atoms with Crippen LogP contribution in [-0.2, 0) is 0 Å². The monoisotopic (exact) mass is 1200 g/mol. The zero-order valence-corrected chi connectivity index (χ0v) is 52.2. The quantitative estimate of drug-likeness (QED) is 0.0705. The number of fused-ring (bicyclic) bond motifs is 3. The Kier molecular flexibility index (Phi) is 17.4.